The zero-order chi connectivity index (χ0) is 13.3. The second-order valence-electron chi connectivity index (χ2n) is 4.86. The molecule has 3 heteroatoms. The van der Waals surface area contributed by atoms with E-state index in [0.29, 0.717) is 0 Å². The van der Waals surface area contributed by atoms with Gasteiger partial charge in [-0.3, -0.25) is 4.79 Å². The molecule has 0 unspecified atom stereocenters. The van der Waals surface area contributed by atoms with Crippen LogP contribution < -0.4 is 0 Å². The fourth-order valence-corrected chi connectivity index (χ4v) is 1.99. The topological polar surface area (TPSA) is 46.5 Å². The van der Waals surface area contributed by atoms with Crippen LogP contribution in [-0.2, 0) is 14.9 Å². The predicted octanol–water partition coefficient (Wildman–Crippen LogP) is 3.00. The van der Waals surface area contributed by atoms with Gasteiger partial charge in [0.05, 0.1) is 12.5 Å². The van der Waals surface area contributed by atoms with Crippen molar-refractivity contribution in [2.45, 2.75) is 19.3 Å². The van der Waals surface area contributed by atoms with Crippen LogP contribution in [0.4, 0.5) is 0 Å². The van der Waals surface area contributed by atoms with E-state index < -0.39 is 5.41 Å². The molecule has 0 aromatic heterocycles. The molecule has 2 rings (SSSR count). The number of rotatable bonds is 2. The maximum absolute atomic E-state index is 11.8. The lowest BCUT2D eigenvalue weighted by atomic mass is 9.84. The zero-order valence-corrected chi connectivity index (χ0v) is 10.7. The van der Waals surface area contributed by atoms with Crippen LogP contribution in [0.2, 0.25) is 0 Å². The molecule has 1 N–H and O–H groups in total. The van der Waals surface area contributed by atoms with Gasteiger partial charge < -0.3 is 9.84 Å². The van der Waals surface area contributed by atoms with Gasteiger partial charge in [0.1, 0.15) is 5.75 Å². The van der Waals surface area contributed by atoms with Crippen LogP contribution in [0.25, 0.3) is 10.8 Å². The van der Waals surface area contributed by atoms with Gasteiger partial charge in [-0.15, -0.1) is 0 Å². The number of carbonyl (C=O) groups is 1. The quantitative estimate of drug-likeness (QED) is 0.826. The molecular formula is C15H16O3. The van der Waals surface area contributed by atoms with E-state index in [1.807, 2.05) is 38.1 Å². The van der Waals surface area contributed by atoms with Gasteiger partial charge in [0, 0.05) is 0 Å². The van der Waals surface area contributed by atoms with E-state index in [4.69, 9.17) is 4.74 Å². The standard InChI is InChI=1S/C15H16O3/c1-15(2,14(17)18-3)12-6-4-11-9-13(16)7-5-10(11)8-12/h4-9,16H,1-3H3. The average molecular weight is 244 g/mol. The summed E-state index contributed by atoms with van der Waals surface area (Å²) in [5, 5.41) is 11.3. The Bertz CT molecular complexity index is 600. The molecule has 0 amide bonds. The summed E-state index contributed by atoms with van der Waals surface area (Å²) >= 11 is 0. The highest BCUT2D eigenvalue weighted by molar-refractivity contribution is 5.88. The van der Waals surface area contributed by atoms with Crippen LogP contribution in [0.3, 0.4) is 0 Å². The van der Waals surface area contributed by atoms with Crippen LogP contribution in [0.5, 0.6) is 5.75 Å². The van der Waals surface area contributed by atoms with Gasteiger partial charge in [0.2, 0.25) is 0 Å². The number of carbonyl (C=O) groups excluding carboxylic acids is 1. The Labute approximate surface area is 106 Å². The fraction of sp³-hybridized carbons (Fsp3) is 0.267. The first-order chi connectivity index (χ1) is 8.45. The van der Waals surface area contributed by atoms with Crippen LogP contribution in [0.1, 0.15) is 19.4 Å². The maximum Gasteiger partial charge on any atom is 0.315 e. The monoisotopic (exact) mass is 244 g/mol. The minimum Gasteiger partial charge on any atom is -0.508 e. The molecule has 94 valence electrons. The second-order valence-corrected chi connectivity index (χ2v) is 4.86. The summed E-state index contributed by atoms with van der Waals surface area (Å²) in [6.45, 7) is 3.67. The Morgan fingerprint density at radius 3 is 2.39 bits per heavy atom. The Morgan fingerprint density at radius 1 is 1.11 bits per heavy atom. The van der Waals surface area contributed by atoms with Crippen LogP contribution in [0, 0.1) is 0 Å². The first-order valence-corrected chi connectivity index (χ1v) is 5.77. The summed E-state index contributed by atoms with van der Waals surface area (Å²) in [5.74, 6) is -0.0249. The summed E-state index contributed by atoms with van der Waals surface area (Å²) in [6.07, 6.45) is 0. The third-order valence-corrected chi connectivity index (χ3v) is 3.24. The average Bonchev–Trinajstić information content (AvgIpc) is 2.36. The van der Waals surface area contributed by atoms with E-state index >= 15 is 0 Å². The number of hydrogen-bond acceptors (Lipinski definition) is 3. The molecule has 3 nitrogen and oxygen atoms in total. The lowest BCUT2D eigenvalue weighted by Crippen LogP contribution is -2.30. The van der Waals surface area contributed by atoms with Crippen molar-refractivity contribution >= 4 is 16.7 Å². The van der Waals surface area contributed by atoms with E-state index in [2.05, 4.69) is 0 Å². The molecule has 0 saturated heterocycles. The van der Waals surface area contributed by atoms with Crippen molar-refractivity contribution in [1.29, 1.82) is 0 Å². The molecule has 0 aliphatic carbocycles. The number of esters is 1. The highest BCUT2D eigenvalue weighted by Crippen LogP contribution is 2.29. The molecule has 0 fully saturated rings. The molecule has 0 bridgehead atoms. The fourth-order valence-electron chi connectivity index (χ4n) is 1.99. The van der Waals surface area contributed by atoms with E-state index in [9.17, 15) is 9.90 Å². The highest BCUT2D eigenvalue weighted by Gasteiger charge is 2.30. The Balaban J connectivity index is 2.54. The van der Waals surface area contributed by atoms with Crippen molar-refractivity contribution in [3.63, 3.8) is 0 Å². The third kappa shape index (κ3) is 2.04. The van der Waals surface area contributed by atoms with E-state index in [-0.39, 0.29) is 11.7 Å². The number of phenolic OH excluding ortho intramolecular Hbond substituents is 1. The summed E-state index contributed by atoms with van der Waals surface area (Å²) in [5.41, 5.74) is 0.216. The zero-order valence-electron chi connectivity index (χ0n) is 10.7. The van der Waals surface area contributed by atoms with E-state index in [1.54, 1.807) is 12.1 Å². The molecular weight excluding hydrogens is 228 g/mol. The molecule has 0 aliphatic rings. The SMILES string of the molecule is COC(=O)C(C)(C)c1ccc2cc(O)ccc2c1. The third-order valence-electron chi connectivity index (χ3n) is 3.24. The Morgan fingerprint density at radius 2 is 1.72 bits per heavy atom. The number of ether oxygens (including phenoxy) is 1. The summed E-state index contributed by atoms with van der Waals surface area (Å²) in [4.78, 5) is 11.8. The number of methoxy groups -OCH3 is 1. The number of phenols is 1. The number of aromatic hydroxyl groups is 1. The van der Waals surface area contributed by atoms with Crippen molar-refractivity contribution in [3.05, 3.63) is 42.0 Å². The predicted molar refractivity (Wildman–Crippen MR) is 70.7 cm³/mol. The molecule has 0 saturated carbocycles. The largest absolute Gasteiger partial charge is 0.508 e. The van der Waals surface area contributed by atoms with Gasteiger partial charge in [0.25, 0.3) is 0 Å². The van der Waals surface area contributed by atoms with Gasteiger partial charge >= 0.3 is 5.97 Å². The number of benzene rings is 2. The highest BCUT2D eigenvalue weighted by atomic mass is 16.5. The minimum absolute atomic E-state index is 0.238. The van der Waals surface area contributed by atoms with Crippen molar-refractivity contribution < 1.29 is 14.6 Å². The first-order valence-electron chi connectivity index (χ1n) is 5.77. The second kappa shape index (κ2) is 4.33. The molecule has 0 aliphatic heterocycles. The van der Waals surface area contributed by atoms with Gasteiger partial charge in [-0.2, -0.15) is 0 Å². The van der Waals surface area contributed by atoms with Crippen molar-refractivity contribution in [2.75, 3.05) is 7.11 Å². The van der Waals surface area contributed by atoms with Crippen molar-refractivity contribution in [2.24, 2.45) is 0 Å². The van der Waals surface area contributed by atoms with Crippen molar-refractivity contribution in [3.8, 4) is 5.75 Å². The summed E-state index contributed by atoms with van der Waals surface area (Å²) < 4.78 is 4.82. The van der Waals surface area contributed by atoms with Crippen molar-refractivity contribution in [1.82, 2.24) is 0 Å². The van der Waals surface area contributed by atoms with E-state index in [0.717, 1.165) is 16.3 Å². The van der Waals surface area contributed by atoms with Gasteiger partial charge in [0.15, 0.2) is 0 Å². The number of fused-ring (bicyclic) bond motifs is 1. The lowest BCUT2D eigenvalue weighted by molar-refractivity contribution is -0.146. The smallest absolute Gasteiger partial charge is 0.315 e. The Kier molecular flexibility index (Phi) is 2.99. The van der Waals surface area contributed by atoms with E-state index in [1.165, 1.54) is 7.11 Å². The maximum atomic E-state index is 11.8. The molecule has 0 radical (unpaired) electrons. The molecule has 0 atom stereocenters. The Hall–Kier alpha value is -2.03. The molecule has 18 heavy (non-hydrogen) atoms. The van der Waals surface area contributed by atoms with Gasteiger partial charge in [-0.1, -0.05) is 24.3 Å². The molecule has 0 spiro atoms. The van der Waals surface area contributed by atoms with Gasteiger partial charge in [-0.25, -0.2) is 0 Å². The van der Waals surface area contributed by atoms with Crippen LogP contribution in [-0.4, -0.2) is 18.2 Å². The van der Waals surface area contributed by atoms with Gasteiger partial charge in [-0.05, 0) is 42.3 Å². The van der Waals surface area contributed by atoms with Crippen LogP contribution >= 0.6 is 0 Å². The van der Waals surface area contributed by atoms with Crippen LogP contribution in [0.15, 0.2) is 36.4 Å². The number of hydrogen-bond donors (Lipinski definition) is 1. The first kappa shape index (κ1) is 12.4. The normalized spacial score (nSPS) is 11.5. The summed E-state index contributed by atoms with van der Waals surface area (Å²) in [6, 6.07) is 10.9. The minimum atomic E-state index is -0.680. The molecule has 2 aromatic rings. The molecule has 0 heterocycles. The lowest BCUT2D eigenvalue weighted by Gasteiger charge is -2.22. The summed E-state index contributed by atoms with van der Waals surface area (Å²) in [7, 11) is 1.39. The molecule has 2 aromatic carbocycles.